The van der Waals surface area contributed by atoms with E-state index in [1.54, 1.807) is 11.3 Å². The van der Waals surface area contributed by atoms with Crippen molar-refractivity contribution in [2.45, 2.75) is 78.3 Å². The Morgan fingerprint density at radius 1 is 1.04 bits per heavy atom. The lowest BCUT2D eigenvalue weighted by atomic mass is 9.49. The molecule has 2 amide bonds. The molecule has 0 saturated heterocycles. The number of carbonyl (C=O) groups excluding carboxylic acids is 2. The number of hydrogen-bond acceptors (Lipinski definition) is 3. The Morgan fingerprint density at radius 2 is 1.59 bits per heavy atom. The van der Waals surface area contributed by atoms with Crippen molar-refractivity contribution < 1.29 is 9.59 Å². The molecular formula is C22H32N2O2S. The number of aryl methyl sites for hydroxylation is 2. The van der Waals surface area contributed by atoms with E-state index in [-0.39, 0.29) is 23.3 Å². The summed E-state index contributed by atoms with van der Waals surface area (Å²) >= 11 is 1.75. The van der Waals surface area contributed by atoms with Crippen LogP contribution in [0.1, 0.15) is 73.7 Å². The van der Waals surface area contributed by atoms with Gasteiger partial charge >= 0.3 is 0 Å². The largest absolute Gasteiger partial charge is 0.348 e. The molecule has 148 valence electrons. The molecule has 4 fully saturated rings. The molecule has 0 radical (unpaired) electrons. The summed E-state index contributed by atoms with van der Waals surface area (Å²) in [4.78, 5) is 28.3. The number of amides is 2. The van der Waals surface area contributed by atoms with Gasteiger partial charge in [0.2, 0.25) is 11.8 Å². The highest BCUT2D eigenvalue weighted by Gasteiger charge is 2.54. The molecule has 4 nitrogen and oxygen atoms in total. The van der Waals surface area contributed by atoms with Crippen LogP contribution in [0.4, 0.5) is 0 Å². The molecule has 4 saturated carbocycles. The molecule has 1 aromatic heterocycles. The van der Waals surface area contributed by atoms with Crippen molar-refractivity contribution in [3.63, 3.8) is 0 Å². The van der Waals surface area contributed by atoms with Gasteiger partial charge < -0.3 is 10.6 Å². The lowest BCUT2D eigenvalue weighted by Gasteiger charge is -2.55. The van der Waals surface area contributed by atoms with E-state index in [0.29, 0.717) is 0 Å². The molecule has 0 unspecified atom stereocenters. The van der Waals surface area contributed by atoms with Gasteiger partial charge in [0.1, 0.15) is 6.04 Å². The van der Waals surface area contributed by atoms with Crippen molar-refractivity contribution in [3.05, 3.63) is 21.4 Å². The quantitative estimate of drug-likeness (QED) is 0.792. The van der Waals surface area contributed by atoms with E-state index in [0.717, 1.165) is 37.0 Å². The molecule has 5 rings (SSSR count). The Kier molecular flexibility index (Phi) is 4.86. The maximum absolute atomic E-state index is 13.1. The van der Waals surface area contributed by atoms with Crippen molar-refractivity contribution in [2.75, 3.05) is 0 Å². The van der Waals surface area contributed by atoms with E-state index in [2.05, 4.69) is 30.5 Å². The van der Waals surface area contributed by atoms with Gasteiger partial charge in [0.15, 0.2) is 0 Å². The lowest BCUT2D eigenvalue weighted by molar-refractivity contribution is -0.148. The van der Waals surface area contributed by atoms with Crippen LogP contribution in [0.25, 0.3) is 0 Å². The Hall–Kier alpha value is -1.36. The summed E-state index contributed by atoms with van der Waals surface area (Å²) in [7, 11) is 0. The second kappa shape index (κ2) is 6.91. The standard InChI is InChI=1S/C22H32N2O2S/c1-12-5-19(15(4)27-12)13(2)23-20(25)14(3)24-21(26)22-9-16-6-17(10-22)8-18(7-16)11-22/h5,13-14,16-18H,6-11H2,1-4H3,(H,23,25)(H,24,26)/t13-,14-,16?,17?,18?,22?/m0/s1. The summed E-state index contributed by atoms with van der Waals surface area (Å²) in [6.07, 6.45) is 7.05. The number of carbonyl (C=O) groups is 2. The monoisotopic (exact) mass is 388 g/mol. The average Bonchev–Trinajstić information content (AvgIpc) is 2.92. The summed E-state index contributed by atoms with van der Waals surface area (Å²) < 4.78 is 0. The predicted octanol–water partition coefficient (Wildman–Crippen LogP) is 4.26. The Balaban J connectivity index is 1.37. The molecule has 4 aliphatic rings. The van der Waals surface area contributed by atoms with Crippen LogP contribution in [0.2, 0.25) is 0 Å². The third-order valence-corrected chi connectivity index (χ3v) is 8.15. The topological polar surface area (TPSA) is 58.2 Å². The molecule has 1 aromatic rings. The van der Waals surface area contributed by atoms with Gasteiger partial charge in [-0.25, -0.2) is 0 Å². The number of hydrogen-bond donors (Lipinski definition) is 2. The van der Waals surface area contributed by atoms with Crippen LogP contribution in [-0.2, 0) is 9.59 Å². The van der Waals surface area contributed by atoms with Crippen molar-refractivity contribution in [1.82, 2.24) is 10.6 Å². The van der Waals surface area contributed by atoms with Crippen LogP contribution in [0.15, 0.2) is 6.07 Å². The van der Waals surface area contributed by atoms with Crippen molar-refractivity contribution >= 4 is 23.2 Å². The zero-order chi connectivity index (χ0) is 19.3. The van der Waals surface area contributed by atoms with Gasteiger partial charge in [-0.2, -0.15) is 0 Å². The van der Waals surface area contributed by atoms with Gasteiger partial charge in [0.05, 0.1) is 6.04 Å². The summed E-state index contributed by atoms with van der Waals surface area (Å²) in [5, 5.41) is 6.15. The fraction of sp³-hybridized carbons (Fsp3) is 0.727. The summed E-state index contributed by atoms with van der Waals surface area (Å²) in [6, 6.07) is 1.61. The van der Waals surface area contributed by atoms with E-state index in [1.165, 1.54) is 34.6 Å². The fourth-order valence-electron chi connectivity index (χ4n) is 6.30. The van der Waals surface area contributed by atoms with Gasteiger partial charge in [-0.05, 0) is 95.6 Å². The third-order valence-electron chi connectivity index (χ3n) is 7.17. The molecular weight excluding hydrogens is 356 g/mol. The molecule has 0 spiro atoms. The van der Waals surface area contributed by atoms with Gasteiger partial charge in [0.25, 0.3) is 0 Å². The van der Waals surface area contributed by atoms with Gasteiger partial charge in [-0.1, -0.05) is 0 Å². The minimum absolute atomic E-state index is 0.0404. The SMILES string of the molecule is Cc1cc([C@H](C)NC(=O)[C@H](C)NC(=O)C23CC4CC(CC(C4)C2)C3)c(C)s1. The zero-order valence-corrected chi connectivity index (χ0v) is 17.7. The molecule has 4 aliphatic carbocycles. The summed E-state index contributed by atoms with van der Waals surface area (Å²) in [6.45, 7) is 8.00. The second-order valence-electron chi connectivity index (χ2n) is 9.49. The molecule has 1 heterocycles. The molecule has 2 atom stereocenters. The molecule has 0 aliphatic heterocycles. The van der Waals surface area contributed by atoms with Crippen molar-refractivity contribution in [1.29, 1.82) is 0 Å². The maximum atomic E-state index is 13.1. The predicted molar refractivity (Wildman–Crippen MR) is 109 cm³/mol. The van der Waals surface area contributed by atoms with Crippen molar-refractivity contribution in [2.24, 2.45) is 23.2 Å². The van der Waals surface area contributed by atoms with E-state index < -0.39 is 6.04 Å². The van der Waals surface area contributed by atoms with Crippen LogP contribution in [0.3, 0.4) is 0 Å². The van der Waals surface area contributed by atoms with Gasteiger partial charge in [0, 0.05) is 15.2 Å². The summed E-state index contributed by atoms with van der Waals surface area (Å²) in [5.74, 6) is 2.23. The highest BCUT2D eigenvalue weighted by Crippen LogP contribution is 2.60. The van der Waals surface area contributed by atoms with E-state index in [9.17, 15) is 9.59 Å². The van der Waals surface area contributed by atoms with E-state index in [1.807, 2.05) is 13.8 Å². The molecule has 4 bridgehead atoms. The first-order valence-corrected chi connectivity index (χ1v) is 11.3. The van der Waals surface area contributed by atoms with Crippen LogP contribution in [0.5, 0.6) is 0 Å². The average molecular weight is 389 g/mol. The van der Waals surface area contributed by atoms with Crippen LogP contribution in [0, 0.1) is 37.0 Å². The minimum atomic E-state index is -0.493. The summed E-state index contributed by atoms with van der Waals surface area (Å²) in [5.41, 5.74) is 0.973. The van der Waals surface area contributed by atoms with Crippen LogP contribution in [-0.4, -0.2) is 17.9 Å². The first-order valence-electron chi connectivity index (χ1n) is 10.4. The van der Waals surface area contributed by atoms with Crippen molar-refractivity contribution in [3.8, 4) is 0 Å². The molecule has 5 heteroatoms. The van der Waals surface area contributed by atoms with Crippen LogP contribution >= 0.6 is 11.3 Å². The molecule has 2 N–H and O–H groups in total. The smallest absolute Gasteiger partial charge is 0.242 e. The molecule has 27 heavy (non-hydrogen) atoms. The first-order chi connectivity index (χ1) is 12.8. The minimum Gasteiger partial charge on any atom is -0.348 e. The Bertz CT molecular complexity index is 718. The first kappa shape index (κ1) is 19.0. The van der Waals surface area contributed by atoms with E-state index >= 15 is 0 Å². The van der Waals surface area contributed by atoms with E-state index in [4.69, 9.17) is 0 Å². The highest BCUT2D eigenvalue weighted by atomic mass is 32.1. The fourth-order valence-corrected chi connectivity index (χ4v) is 7.32. The Morgan fingerprint density at radius 3 is 2.07 bits per heavy atom. The number of thiophene rings is 1. The lowest BCUT2D eigenvalue weighted by Crippen LogP contribution is -2.56. The zero-order valence-electron chi connectivity index (χ0n) is 16.9. The normalized spacial score (nSPS) is 33.6. The Labute approximate surface area is 166 Å². The molecule has 0 aromatic carbocycles. The third kappa shape index (κ3) is 3.55. The van der Waals surface area contributed by atoms with Gasteiger partial charge in [-0.15, -0.1) is 11.3 Å². The number of nitrogens with one attached hydrogen (secondary N) is 2. The van der Waals surface area contributed by atoms with Crippen LogP contribution < -0.4 is 10.6 Å². The highest BCUT2D eigenvalue weighted by molar-refractivity contribution is 7.12. The second-order valence-corrected chi connectivity index (χ2v) is 11.0. The number of rotatable bonds is 5. The van der Waals surface area contributed by atoms with Gasteiger partial charge in [-0.3, -0.25) is 9.59 Å². The maximum Gasteiger partial charge on any atom is 0.242 e.